The number of benzene rings is 1. The third-order valence-electron chi connectivity index (χ3n) is 1.67. The monoisotopic (exact) mass is 228 g/mol. The molecular weight excluding hydrogens is 208 g/mol. The standard InChI is InChI=1S/C8H10O2.C4H10O2/c1-7(9)10-8-5-3-2-4-6-8;1-4(2-5)3-6/h2-7,9H,1H3;4-6H,2-3H2,1H3. The number of para-hydroxylation sites is 1. The van der Waals surface area contributed by atoms with Crippen LogP contribution in [0.25, 0.3) is 0 Å². The fourth-order valence-electron chi connectivity index (χ4n) is 0.754. The zero-order valence-corrected chi connectivity index (χ0v) is 9.71. The van der Waals surface area contributed by atoms with Gasteiger partial charge in [0.15, 0.2) is 6.29 Å². The summed E-state index contributed by atoms with van der Waals surface area (Å²) in [6.07, 6.45) is -0.734. The van der Waals surface area contributed by atoms with Gasteiger partial charge in [-0.3, -0.25) is 0 Å². The second kappa shape index (κ2) is 9.15. The molecule has 0 heterocycles. The Hall–Kier alpha value is -1.10. The first kappa shape index (κ1) is 14.9. The summed E-state index contributed by atoms with van der Waals surface area (Å²) >= 11 is 0. The van der Waals surface area contributed by atoms with Crippen molar-refractivity contribution < 1.29 is 20.1 Å². The lowest BCUT2D eigenvalue weighted by molar-refractivity contribution is -0.000288. The Morgan fingerprint density at radius 3 is 1.88 bits per heavy atom. The van der Waals surface area contributed by atoms with E-state index in [4.69, 9.17) is 20.1 Å². The van der Waals surface area contributed by atoms with Gasteiger partial charge >= 0.3 is 0 Å². The molecule has 4 nitrogen and oxygen atoms in total. The van der Waals surface area contributed by atoms with E-state index in [0.717, 1.165) is 0 Å². The van der Waals surface area contributed by atoms with Crippen LogP contribution in [-0.2, 0) is 0 Å². The van der Waals surface area contributed by atoms with Crippen LogP contribution in [0.5, 0.6) is 5.75 Å². The van der Waals surface area contributed by atoms with E-state index in [0.29, 0.717) is 5.75 Å². The lowest BCUT2D eigenvalue weighted by Crippen LogP contribution is -2.08. The maximum absolute atomic E-state index is 8.78. The minimum atomic E-state index is -0.734. The molecule has 1 atom stereocenters. The van der Waals surface area contributed by atoms with Crippen molar-refractivity contribution >= 4 is 0 Å². The second-order valence-corrected chi connectivity index (χ2v) is 3.50. The van der Waals surface area contributed by atoms with Crippen LogP contribution in [0, 0.1) is 5.92 Å². The van der Waals surface area contributed by atoms with E-state index in [1.807, 2.05) is 18.2 Å². The normalized spacial score (nSPS) is 11.6. The molecule has 4 heteroatoms. The van der Waals surface area contributed by atoms with Crippen LogP contribution in [0.3, 0.4) is 0 Å². The van der Waals surface area contributed by atoms with Crippen molar-refractivity contribution in [3.63, 3.8) is 0 Å². The lowest BCUT2D eigenvalue weighted by atomic mass is 10.2. The van der Waals surface area contributed by atoms with Crippen molar-refractivity contribution in [2.45, 2.75) is 20.1 Å². The molecule has 0 amide bonds. The minimum absolute atomic E-state index is 0.0463. The fourth-order valence-corrected chi connectivity index (χ4v) is 0.754. The number of hydrogen-bond donors (Lipinski definition) is 3. The molecular formula is C12H20O4. The van der Waals surface area contributed by atoms with E-state index in [9.17, 15) is 0 Å². The Morgan fingerprint density at radius 1 is 1.06 bits per heavy atom. The second-order valence-electron chi connectivity index (χ2n) is 3.50. The SMILES string of the molecule is CC(CO)CO.CC(O)Oc1ccccc1. The highest BCUT2D eigenvalue weighted by atomic mass is 16.6. The highest BCUT2D eigenvalue weighted by Crippen LogP contribution is 2.09. The van der Waals surface area contributed by atoms with Gasteiger partial charge in [-0.25, -0.2) is 0 Å². The summed E-state index contributed by atoms with van der Waals surface area (Å²) in [4.78, 5) is 0. The summed E-state index contributed by atoms with van der Waals surface area (Å²) in [6, 6.07) is 9.21. The van der Waals surface area contributed by atoms with Crippen LogP contribution in [0.2, 0.25) is 0 Å². The smallest absolute Gasteiger partial charge is 0.194 e. The van der Waals surface area contributed by atoms with E-state index >= 15 is 0 Å². The van der Waals surface area contributed by atoms with Gasteiger partial charge in [-0.15, -0.1) is 0 Å². The average Bonchev–Trinajstić information content (AvgIpc) is 2.29. The van der Waals surface area contributed by atoms with E-state index < -0.39 is 6.29 Å². The zero-order valence-electron chi connectivity index (χ0n) is 9.71. The number of aliphatic hydroxyl groups excluding tert-OH is 3. The molecule has 0 radical (unpaired) electrons. The van der Waals surface area contributed by atoms with Gasteiger partial charge in [-0.1, -0.05) is 25.1 Å². The third-order valence-corrected chi connectivity index (χ3v) is 1.67. The summed E-state index contributed by atoms with van der Waals surface area (Å²) in [6.45, 7) is 3.51. The van der Waals surface area contributed by atoms with Gasteiger partial charge in [0, 0.05) is 19.1 Å². The predicted molar refractivity (Wildman–Crippen MR) is 62.1 cm³/mol. The van der Waals surface area contributed by atoms with Gasteiger partial charge in [0.25, 0.3) is 0 Å². The Bertz CT molecular complexity index is 244. The van der Waals surface area contributed by atoms with Gasteiger partial charge in [-0.2, -0.15) is 0 Å². The van der Waals surface area contributed by atoms with Crippen molar-refractivity contribution in [1.82, 2.24) is 0 Å². The molecule has 0 saturated carbocycles. The average molecular weight is 228 g/mol. The van der Waals surface area contributed by atoms with E-state index in [1.165, 1.54) is 0 Å². The largest absolute Gasteiger partial charge is 0.465 e. The Kier molecular flexibility index (Phi) is 8.52. The molecule has 0 aliphatic heterocycles. The van der Waals surface area contributed by atoms with Gasteiger partial charge in [0.2, 0.25) is 0 Å². The van der Waals surface area contributed by atoms with Crippen molar-refractivity contribution in [2.24, 2.45) is 5.92 Å². The molecule has 0 aliphatic rings. The highest BCUT2D eigenvalue weighted by molar-refractivity contribution is 5.20. The van der Waals surface area contributed by atoms with Crippen LogP contribution in [0.15, 0.2) is 30.3 Å². The first-order valence-corrected chi connectivity index (χ1v) is 5.21. The van der Waals surface area contributed by atoms with Crippen molar-refractivity contribution in [3.8, 4) is 5.75 Å². The van der Waals surface area contributed by atoms with Crippen LogP contribution in [0.4, 0.5) is 0 Å². The molecule has 0 saturated heterocycles. The van der Waals surface area contributed by atoms with Gasteiger partial charge in [0.1, 0.15) is 5.75 Å². The molecule has 1 unspecified atom stereocenters. The summed E-state index contributed by atoms with van der Waals surface area (Å²) in [5.41, 5.74) is 0. The summed E-state index contributed by atoms with van der Waals surface area (Å²) < 4.78 is 4.97. The molecule has 92 valence electrons. The first-order valence-electron chi connectivity index (χ1n) is 5.21. The molecule has 0 bridgehead atoms. The predicted octanol–water partition coefficient (Wildman–Crippen LogP) is 1.01. The van der Waals surface area contributed by atoms with Crippen molar-refractivity contribution in [1.29, 1.82) is 0 Å². The highest BCUT2D eigenvalue weighted by Gasteiger charge is 1.94. The van der Waals surface area contributed by atoms with Crippen molar-refractivity contribution in [3.05, 3.63) is 30.3 Å². The maximum atomic E-state index is 8.78. The van der Waals surface area contributed by atoms with E-state index in [2.05, 4.69) is 0 Å². The molecule has 1 rings (SSSR count). The zero-order chi connectivity index (χ0) is 12.4. The lowest BCUT2D eigenvalue weighted by Gasteiger charge is -2.06. The number of ether oxygens (including phenoxy) is 1. The van der Waals surface area contributed by atoms with Gasteiger partial charge in [0.05, 0.1) is 0 Å². The molecule has 1 aromatic rings. The van der Waals surface area contributed by atoms with Crippen molar-refractivity contribution in [2.75, 3.05) is 13.2 Å². The quantitative estimate of drug-likeness (QED) is 0.673. The molecule has 0 aliphatic carbocycles. The number of rotatable bonds is 4. The Labute approximate surface area is 96.1 Å². The number of aliphatic hydroxyl groups is 3. The maximum Gasteiger partial charge on any atom is 0.194 e. The summed E-state index contributed by atoms with van der Waals surface area (Å²) in [5.74, 6) is 0.738. The topological polar surface area (TPSA) is 69.9 Å². The van der Waals surface area contributed by atoms with Gasteiger partial charge in [-0.05, 0) is 19.1 Å². The number of hydrogen-bond acceptors (Lipinski definition) is 4. The van der Waals surface area contributed by atoms with Crippen LogP contribution >= 0.6 is 0 Å². The third kappa shape index (κ3) is 8.23. The van der Waals surface area contributed by atoms with Gasteiger partial charge < -0.3 is 20.1 Å². The Balaban J connectivity index is 0.000000325. The molecule has 0 fully saturated rings. The summed E-state index contributed by atoms with van der Waals surface area (Å²) in [7, 11) is 0. The Morgan fingerprint density at radius 2 is 1.56 bits per heavy atom. The molecule has 3 N–H and O–H groups in total. The summed E-state index contributed by atoms with van der Waals surface area (Å²) in [5, 5.41) is 25.1. The van der Waals surface area contributed by atoms with Crippen LogP contribution < -0.4 is 4.74 Å². The van der Waals surface area contributed by atoms with Crippen LogP contribution in [0.1, 0.15) is 13.8 Å². The van der Waals surface area contributed by atoms with E-state index in [1.54, 1.807) is 26.0 Å². The molecule has 0 spiro atoms. The molecule has 16 heavy (non-hydrogen) atoms. The molecule has 1 aromatic carbocycles. The first-order chi connectivity index (χ1) is 7.60. The molecule has 0 aromatic heterocycles. The van der Waals surface area contributed by atoms with Crippen LogP contribution in [-0.4, -0.2) is 34.8 Å². The van der Waals surface area contributed by atoms with E-state index in [-0.39, 0.29) is 19.1 Å². The minimum Gasteiger partial charge on any atom is -0.465 e. The fraction of sp³-hybridized carbons (Fsp3) is 0.500.